The second kappa shape index (κ2) is 6.80. The van der Waals surface area contributed by atoms with Gasteiger partial charge >= 0.3 is 0 Å². The number of carbonyl (C=O) groups excluding carboxylic acids is 1. The first-order chi connectivity index (χ1) is 7.99. The van der Waals surface area contributed by atoms with Gasteiger partial charge in [-0.25, -0.2) is 0 Å². The molecule has 0 saturated carbocycles. The lowest BCUT2D eigenvalue weighted by molar-refractivity contribution is 0.0942. The molecule has 0 aliphatic rings. The minimum atomic E-state index is 0.0696. The molecule has 0 aromatic carbocycles. The third-order valence-corrected chi connectivity index (χ3v) is 3.76. The standard InChI is InChI=1S/C14H23NOS/c1-10(2)6-5-7-11(3)15-14(16)13-9-8-12(4)17-13/h8-11H,5-7H2,1-4H3,(H,15,16). The van der Waals surface area contributed by atoms with Gasteiger partial charge in [0.1, 0.15) is 0 Å². The van der Waals surface area contributed by atoms with Crippen LogP contribution in [0.2, 0.25) is 0 Å². The van der Waals surface area contributed by atoms with Crippen molar-refractivity contribution in [1.82, 2.24) is 5.32 Å². The summed E-state index contributed by atoms with van der Waals surface area (Å²) in [4.78, 5) is 13.9. The van der Waals surface area contributed by atoms with Crippen LogP contribution >= 0.6 is 11.3 Å². The van der Waals surface area contributed by atoms with Crippen molar-refractivity contribution >= 4 is 17.2 Å². The fourth-order valence-corrected chi connectivity index (χ4v) is 2.53. The van der Waals surface area contributed by atoms with Gasteiger partial charge in [0.2, 0.25) is 0 Å². The Labute approximate surface area is 108 Å². The third-order valence-electron chi connectivity index (χ3n) is 2.76. The molecule has 2 nitrogen and oxygen atoms in total. The van der Waals surface area contributed by atoms with Crippen LogP contribution in [-0.2, 0) is 0 Å². The van der Waals surface area contributed by atoms with Crippen LogP contribution in [0.15, 0.2) is 12.1 Å². The van der Waals surface area contributed by atoms with Crippen molar-refractivity contribution in [1.29, 1.82) is 0 Å². The number of hydrogen-bond donors (Lipinski definition) is 1. The lowest BCUT2D eigenvalue weighted by atomic mass is 10.0. The van der Waals surface area contributed by atoms with Gasteiger partial charge < -0.3 is 5.32 Å². The van der Waals surface area contributed by atoms with Crippen molar-refractivity contribution < 1.29 is 4.79 Å². The largest absolute Gasteiger partial charge is 0.349 e. The Hall–Kier alpha value is -0.830. The molecule has 0 spiro atoms. The van der Waals surface area contributed by atoms with Gasteiger partial charge in [0.25, 0.3) is 5.91 Å². The van der Waals surface area contributed by atoms with E-state index < -0.39 is 0 Å². The molecule has 3 heteroatoms. The normalized spacial score (nSPS) is 12.8. The van der Waals surface area contributed by atoms with E-state index in [2.05, 4.69) is 26.1 Å². The highest BCUT2D eigenvalue weighted by atomic mass is 32.1. The second-order valence-electron chi connectivity index (χ2n) is 5.11. The quantitative estimate of drug-likeness (QED) is 0.815. The van der Waals surface area contributed by atoms with E-state index in [1.54, 1.807) is 11.3 Å². The summed E-state index contributed by atoms with van der Waals surface area (Å²) < 4.78 is 0. The molecule has 0 bridgehead atoms. The van der Waals surface area contributed by atoms with Gasteiger partial charge in [-0.2, -0.15) is 0 Å². The summed E-state index contributed by atoms with van der Waals surface area (Å²) in [6.07, 6.45) is 3.48. The highest BCUT2D eigenvalue weighted by Gasteiger charge is 2.11. The van der Waals surface area contributed by atoms with Crippen LogP contribution in [0.25, 0.3) is 0 Å². The summed E-state index contributed by atoms with van der Waals surface area (Å²) in [5.74, 6) is 0.818. The average molecular weight is 253 g/mol. The van der Waals surface area contributed by atoms with Crippen LogP contribution in [-0.4, -0.2) is 11.9 Å². The van der Waals surface area contributed by atoms with Crippen LogP contribution in [0.4, 0.5) is 0 Å². The fourth-order valence-electron chi connectivity index (χ4n) is 1.76. The first kappa shape index (κ1) is 14.2. The number of thiophene rings is 1. The van der Waals surface area contributed by atoms with Crippen LogP contribution in [0.5, 0.6) is 0 Å². The number of nitrogens with one attached hydrogen (secondary N) is 1. The second-order valence-corrected chi connectivity index (χ2v) is 6.40. The smallest absolute Gasteiger partial charge is 0.261 e. The number of hydrogen-bond acceptors (Lipinski definition) is 2. The molecule has 1 amide bonds. The molecular formula is C14H23NOS. The number of amides is 1. The molecule has 96 valence electrons. The predicted octanol–water partition coefficient (Wildman–Crippen LogP) is 4.00. The maximum absolute atomic E-state index is 11.9. The average Bonchev–Trinajstić information content (AvgIpc) is 2.64. The van der Waals surface area contributed by atoms with Crippen LogP contribution in [0.1, 0.15) is 54.6 Å². The highest BCUT2D eigenvalue weighted by molar-refractivity contribution is 7.13. The van der Waals surface area contributed by atoms with Gasteiger partial charge in [0, 0.05) is 10.9 Å². The van der Waals surface area contributed by atoms with E-state index in [1.807, 2.05) is 19.1 Å². The van der Waals surface area contributed by atoms with E-state index in [4.69, 9.17) is 0 Å². The maximum Gasteiger partial charge on any atom is 0.261 e. The molecular weight excluding hydrogens is 230 g/mol. The van der Waals surface area contributed by atoms with Crippen LogP contribution in [0.3, 0.4) is 0 Å². The Bertz CT molecular complexity index is 357. The van der Waals surface area contributed by atoms with E-state index in [0.29, 0.717) is 0 Å². The molecule has 0 fully saturated rings. The molecule has 1 N–H and O–H groups in total. The van der Waals surface area contributed by atoms with E-state index in [1.165, 1.54) is 17.7 Å². The van der Waals surface area contributed by atoms with Gasteiger partial charge in [0.05, 0.1) is 4.88 Å². The Morgan fingerprint density at radius 1 is 1.29 bits per heavy atom. The van der Waals surface area contributed by atoms with E-state index in [9.17, 15) is 4.79 Å². The molecule has 0 radical (unpaired) electrons. The minimum absolute atomic E-state index is 0.0696. The zero-order valence-electron chi connectivity index (χ0n) is 11.2. The van der Waals surface area contributed by atoms with E-state index >= 15 is 0 Å². The van der Waals surface area contributed by atoms with Crippen molar-refractivity contribution in [3.05, 3.63) is 21.9 Å². The summed E-state index contributed by atoms with van der Waals surface area (Å²) in [5.41, 5.74) is 0. The molecule has 1 aromatic rings. The lowest BCUT2D eigenvalue weighted by Crippen LogP contribution is -2.31. The fraction of sp³-hybridized carbons (Fsp3) is 0.643. The summed E-state index contributed by atoms with van der Waals surface area (Å²) >= 11 is 1.55. The molecule has 1 rings (SSSR count). The number of carbonyl (C=O) groups is 1. The van der Waals surface area contributed by atoms with Gasteiger partial charge in [0.15, 0.2) is 0 Å². The molecule has 0 aliphatic carbocycles. The van der Waals surface area contributed by atoms with Gasteiger partial charge in [-0.3, -0.25) is 4.79 Å². The van der Waals surface area contributed by atoms with Crippen molar-refractivity contribution in [3.63, 3.8) is 0 Å². The Morgan fingerprint density at radius 2 is 2.00 bits per heavy atom. The zero-order valence-corrected chi connectivity index (χ0v) is 12.1. The maximum atomic E-state index is 11.9. The minimum Gasteiger partial charge on any atom is -0.349 e. The highest BCUT2D eigenvalue weighted by Crippen LogP contribution is 2.15. The number of aryl methyl sites for hydroxylation is 1. The van der Waals surface area contributed by atoms with Crippen LogP contribution < -0.4 is 5.32 Å². The monoisotopic (exact) mass is 253 g/mol. The van der Waals surface area contributed by atoms with Crippen molar-refractivity contribution in [2.75, 3.05) is 0 Å². The Balaban J connectivity index is 2.31. The Morgan fingerprint density at radius 3 is 2.53 bits per heavy atom. The van der Waals surface area contributed by atoms with E-state index in [0.717, 1.165) is 17.2 Å². The van der Waals surface area contributed by atoms with Crippen molar-refractivity contribution in [2.45, 2.75) is 53.0 Å². The first-order valence-corrected chi connectivity index (χ1v) is 7.18. The van der Waals surface area contributed by atoms with Gasteiger partial charge in [-0.1, -0.05) is 26.7 Å². The summed E-state index contributed by atoms with van der Waals surface area (Å²) in [6, 6.07) is 4.16. The summed E-state index contributed by atoms with van der Waals surface area (Å²) in [7, 11) is 0. The SMILES string of the molecule is Cc1ccc(C(=O)NC(C)CCCC(C)C)s1. The van der Waals surface area contributed by atoms with E-state index in [-0.39, 0.29) is 11.9 Å². The van der Waals surface area contributed by atoms with Crippen molar-refractivity contribution in [3.8, 4) is 0 Å². The lowest BCUT2D eigenvalue weighted by Gasteiger charge is -2.13. The third kappa shape index (κ3) is 5.35. The van der Waals surface area contributed by atoms with Crippen molar-refractivity contribution in [2.24, 2.45) is 5.92 Å². The zero-order chi connectivity index (χ0) is 12.8. The van der Waals surface area contributed by atoms with Crippen LogP contribution in [0, 0.1) is 12.8 Å². The molecule has 0 saturated heterocycles. The topological polar surface area (TPSA) is 29.1 Å². The first-order valence-electron chi connectivity index (χ1n) is 6.36. The molecule has 0 aliphatic heterocycles. The van der Waals surface area contributed by atoms with Gasteiger partial charge in [-0.05, 0) is 38.3 Å². The summed E-state index contributed by atoms with van der Waals surface area (Å²) in [5, 5.41) is 3.05. The number of rotatable bonds is 6. The van der Waals surface area contributed by atoms with Gasteiger partial charge in [-0.15, -0.1) is 11.3 Å². The molecule has 17 heavy (non-hydrogen) atoms. The molecule has 1 heterocycles. The summed E-state index contributed by atoms with van der Waals surface area (Å²) in [6.45, 7) is 8.57. The molecule has 1 unspecified atom stereocenters. The Kier molecular flexibility index (Phi) is 5.69. The molecule has 1 aromatic heterocycles. The molecule has 1 atom stereocenters. The predicted molar refractivity (Wildman–Crippen MR) is 74.7 cm³/mol.